The Labute approximate surface area is 83.9 Å². The van der Waals surface area contributed by atoms with Crippen molar-refractivity contribution in [3.8, 4) is 0 Å². The first kappa shape index (κ1) is 11.4. The fourth-order valence-corrected chi connectivity index (χ4v) is 1.82. The van der Waals surface area contributed by atoms with Crippen molar-refractivity contribution in [1.82, 2.24) is 5.32 Å². The summed E-state index contributed by atoms with van der Waals surface area (Å²) in [4.78, 5) is 10.8. The van der Waals surface area contributed by atoms with Gasteiger partial charge in [-0.1, -0.05) is 0 Å². The van der Waals surface area contributed by atoms with Gasteiger partial charge in [-0.15, -0.1) is 0 Å². The van der Waals surface area contributed by atoms with E-state index in [4.69, 9.17) is 15.2 Å². The van der Waals surface area contributed by atoms with Gasteiger partial charge in [-0.3, -0.25) is 10.1 Å². The third kappa shape index (κ3) is 2.67. The Bertz CT molecular complexity index is 198. The fraction of sp³-hybridized carbons (Fsp3) is 0.889. The van der Waals surface area contributed by atoms with Gasteiger partial charge in [-0.05, 0) is 6.92 Å². The smallest absolute Gasteiger partial charge is 0.217 e. The SMILES string of the molecule is CCOC1NC[C@H](OC)[C@@H]1CC(N)=O. The van der Waals surface area contributed by atoms with E-state index in [9.17, 15) is 4.79 Å². The lowest BCUT2D eigenvalue weighted by Gasteiger charge is -2.21. The molecular formula is C9H18N2O3. The zero-order chi connectivity index (χ0) is 10.6. The molecule has 1 amide bonds. The summed E-state index contributed by atoms with van der Waals surface area (Å²) < 4.78 is 10.7. The number of nitrogens with one attached hydrogen (secondary N) is 1. The van der Waals surface area contributed by atoms with Crippen LogP contribution in [-0.2, 0) is 14.3 Å². The van der Waals surface area contributed by atoms with Crippen LogP contribution in [0.25, 0.3) is 0 Å². The second kappa shape index (κ2) is 5.29. The first-order chi connectivity index (χ1) is 6.69. The molecule has 0 aliphatic carbocycles. The lowest BCUT2D eigenvalue weighted by atomic mass is 10.00. The molecule has 0 aromatic carbocycles. The fourth-order valence-electron chi connectivity index (χ4n) is 1.82. The van der Waals surface area contributed by atoms with Gasteiger partial charge >= 0.3 is 0 Å². The Morgan fingerprint density at radius 3 is 2.86 bits per heavy atom. The molecule has 0 aromatic rings. The Balaban J connectivity index is 2.55. The van der Waals surface area contributed by atoms with Gasteiger partial charge in [0.25, 0.3) is 0 Å². The van der Waals surface area contributed by atoms with Crippen molar-refractivity contribution in [2.45, 2.75) is 25.7 Å². The van der Waals surface area contributed by atoms with Crippen LogP contribution in [0.15, 0.2) is 0 Å². The van der Waals surface area contributed by atoms with E-state index < -0.39 is 0 Å². The van der Waals surface area contributed by atoms with Crippen LogP contribution in [-0.4, -0.2) is 38.5 Å². The number of ether oxygens (including phenoxy) is 2. The summed E-state index contributed by atoms with van der Waals surface area (Å²) in [5.74, 6) is -0.289. The maximum atomic E-state index is 10.8. The maximum absolute atomic E-state index is 10.8. The molecule has 0 saturated carbocycles. The molecule has 0 spiro atoms. The number of hydrogen-bond acceptors (Lipinski definition) is 4. The number of rotatable bonds is 5. The summed E-state index contributed by atoms with van der Waals surface area (Å²) in [6, 6.07) is 0. The molecule has 5 nitrogen and oxygen atoms in total. The van der Waals surface area contributed by atoms with Gasteiger partial charge in [0.1, 0.15) is 6.23 Å². The van der Waals surface area contributed by atoms with Crippen LogP contribution >= 0.6 is 0 Å². The number of primary amides is 1. The summed E-state index contributed by atoms with van der Waals surface area (Å²) in [5.41, 5.74) is 5.17. The average Bonchev–Trinajstić information content (AvgIpc) is 2.48. The molecule has 1 aliphatic heterocycles. The van der Waals surface area contributed by atoms with Crippen LogP contribution in [0, 0.1) is 5.92 Å². The van der Waals surface area contributed by atoms with E-state index in [1.807, 2.05) is 6.92 Å². The van der Waals surface area contributed by atoms with E-state index in [-0.39, 0.29) is 24.2 Å². The third-order valence-electron chi connectivity index (χ3n) is 2.47. The van der Waals surface area contributed by atoms with Gasteiger partial charge in [-0.2, -0.15) is 0 Å². The normalized spacial score (nSPS) is 32.0. The molecule has 14 heavy (non-hydrogen) atoms. The highest BCUT2D eigenvalue weighted by molar-refractivity contribution is 5.74. The van der Waals surface area contributed by atoms with Crippen LogP contribution in [0.3, 0.4) is 0 Å². The van der Waals surface area contributed by atoms with Gasteiger partial charge in [0.15, 0.2) is 0 Å². The average molecular weight is 202 g/mol. The Morgan fingerprint density at radius 2 is 2.36 bits per heavy atom. The molecule has 1 saturated heterocycles. The van der Waals surface area contributed by atoms with Gasteiger partial charge in [-0.25, -0.2) is 0 Å². The zero-order valence-corrected chi connectivity index (χ0v) is 8.66. The predicted molar refractivity (Wildman–Crippen MR) is 51.5 cm³/mol. The minimum absolute atomic E-state index is 0.0130. The summed E-state index contributed by atoms with van der Waals surface area (Å²) >= 11 is 0. The van der Waals surface area contributed by atoms with Gasteiger partial charge in [0, 0.05) is 32.6 Å². The zero-order valence-electron chi connectivity index (χ0n) is 8.66. The molecule has 1 rings (SSSR count). The van der Waals surface area contributed by atoms with Crippen molar-refractivity contribution in [2.24, 2.45) is 11.7 Å². The molecule has 0 bridgehead atoms. The van der Waals surface area contributed by atoms with Gasteiger partial charge in [0.05, 0.1) is 6.10 Å². The van der Waals surface area contributed by atoms with E-state index in [0.717, 1.165) is 0 Å². The molecule has 3 N–H and O–H groups in total. The standard InChI is InChI=1S/C9H18N2O3/c1-3-14-9-6(4-8(10)12)7(13-2)5-11-9/h6-7,9,11H,3-5H2,1-2H3,(H2,10,12)/t6-,7-,9?/m0/s1. The summed E-state index contributed by atoms with van der Waals surface area (Å²) in [5, 5.41) is 3.16. The molecule has 1 heterocycles. The predicted octanol–water partition coefficient (Wildman–Crippen LogP) is -0.541. The third-order valence-corrected chi connectivity index (χ3v) is 2.47. The molecule has 0 radical (unpaired) electrons. The van der Waals surface area contributed by atoms with Crippen LogP contribution in [0.5, 0.6) is 0 Å². The summed E-state index contributed by atoms with van der Waals surface area (Å²) in [6.45, 7) is 3.24. The number of nitrogens with two attached hydrogens (primary N) is 1. The highest BCUT2D eigenvalue weighted by atomic mass is 16.5. The number of carbonyl (C=O) groups is 1. The number of hydrogen-bond donors (Lipinski definition) is 2. The second-order valence-electron chi connectivity index (χ2n) is 3.39. The quantitative estimate of drug-likeness (QED) is 0.628. The van der Waals surface area contributed by atoms with Gasteiger partial charge in [0.2, 0.25) is 5.91 Å². The molecular weight excluding hydrogens is 184 g/mol. The monoisotopic (exact) mass is 202 g/mol. The first-order valence-corrected chi connectivity index (χ1v) is 4.85. The Hall–Kier alpha value is -0.650. The lowest BCUT2D eigenvalue weighted by molar-refractivity contribution is -0.121. The first-order valence-electron chi connectivity index (χ1n) is 4.85. The van der Waals surface area contributed by atoms with Crippen LogP contribution < -0.4 is 11.1 Å². The minimum atomic E-state index is -0.314. The van der Waals surface area contributed by atoms with E-state index in [0.29, 0.717) is 19.6 Å². The number of carbonyl (C=O) groups excluding carboxylic acids is 1. The van der Waals surface area contributed by atoms with E-state index >= 15 is 0 Å². The largest absolute Gasteiger partial charge is 0.380 e. The van der Waals surface area contributed by atoms with Crippen molar-refractivity contribution in [2.75, 3.05) is 20.3 Å². The van der Waals surface area contributed by atoms with E-state index in [1.54, 1.807) is 7.11 Å². The Kier molecular flexibility index (Phi) is 4.31. The van der Waals surface area contributed by atoms with Crippen molar-refractivity contribution in [3.63, 3.8) is 0 Å². The number of amides is 1. The van der Waals surface area contributed by atoms with E-state index in [2.05, 4.69) is 5.32 Å². The highest BCUT2D eigenvalue weighted by Crippen LogP contribution is 2.22. The lowest BCUT2D eigenvalue weighted by Crippen LogP contribution is -2.34. The number of methoxy groups -OCH3 is 1. The van der Waals surface area contributed by atoms with Crippen molar-refractivity contribution < 1.29 is 14.3 Å². The van der Waals surface area contributed by atoms with Crippen LogP contribution in [0.4, 0.5) is 0 Å². The van der Waals surface area contributed by atoms with Crippen molar-refractivity contribution in [3.05, 3.63) is 0 Å². The van der Waals surface area contributed by atoms with Crippen molar-refractivity contribution >= 4 is 5.91 Å². The molecule has 0 aromatic heterocycles. The molecule has 3 atom stereocenters. The summed E-state index contributed by atoms with van der Waals surface area (Å²) in [7, 11) is 1.63. The topological polar surface area (TPSA) is 73.6 Å². The summed E-state index contributed by atoms with van der Waals surface area (Å²) in [6.07, 6.45) is 0.201. The minimum Gasteiger partial charge on any atom is -0.380 e. The Morgan fingerprint density at radius 1 is 1.64 bits per heavy atom. The molecule has 1 aliphatic rings. The molecule has 1 fully saturated rings. The molecule has 5 heteroatoms. The molecule has 1 unspecified atom stereocenters. The van der Waals surface area contributed by atoms with Crippen molar-refractivity contribution in [1.29, 1.82) is 0 Å². The second-order valence-corrected chi connectivity index (χ2v) is 3.39. The maximum Gasteiger partial charge on any atom is 0.217 e. The molecule has 82 valence electrons. The van der Waals surface area contributed by atoms with E-state index in [1.165, 1.54) is 0 Å². The van der Waals surface area contributed by atoms with Crippen LogP contribution in [0.1, 0.15) is 13.3 Å². The highest BCUT2D eigenvalue weighted by Gasteiger charge is 2.37. The van der Waals surface area contributed by atoms with Gasteiger partial charge < -0.3 is 15.2 Å². The van der Waals surface area contributed by atoms with Crippen LogP contribution in [0.2, 0.25) is 0 Å².